The molecule has 102 valence electrons. The summed E-state index contributed by atoms with van der Waals surface area (Å²) in [6, 6.07) is 3.45. The van der Waals surface area contributed by atoms with Crippen LogP contribution in [0.15, 0.2) is 18.3 Å². The summed E-state index contributed by atoms with van der Waals surface area (Å²) in [5, 5.41) is 5.40. The predicted molar refractivity (Wildman–Crippen MR) is 69.7 cm³/mol. The van der Waals surface area contributed by atoms with E-state index in [0.29, 0.717) is 18.1 Å². The molecule has 0 bridgehead atoms. The van der Waals surface area contributed by atoms with Crippen molar-refractivity contribution >= 4 is 17.5 Å². The molecule has 2 rings (SSSR count). The number of pyridine rings is 1. The van der Waals surface area contributed by atoms with Crippen LogP contribution in [0, 0.1) is 5.92 Å². The smallest absolute Gasteiger partial charge is 0.238 e. The van der Waals surface area contributed by atoms with E-state index in [0.717, 1.165) is 0 Å². The molecule has 2 heterocycles. The number of nitrogens with one attached hydrogen (secondary N) is 2. The van der Waals surface area contributed by atoms with Gasteiger partial charge < -0.3 is 15.4 Å². The minimum atomic E-state index is -0.334. The Balaban J connectivity index is 2.06. The van der Waals surface area contributed by atoms with Crippen LogP contribution in [0.4, 0.5) is 5.69 Å². The van der Waals surface area contributed by atoms with E-state index in [1.54, 1.807) is 18.3 Å². The average Bonchev–Trinajstić information content (AvgIpc) is 2.78. The Kier molecular flexibility index (Phi) is 3.99. The maximum absolute atomic E-state index is 12.0. The van der Waals surface area contributed by atoms with E-state index in [1.165, 1.54) is 0 Å². The standard InChI is InChI=1S/C13H17N3O3/c1-8(2)19-13-10(4-3-5-14-13)16-12(18)9-6-11(17)15-7-9/h3-5,8-9H,6-7H2,1-2H3,(H,15,17)(H,16,18). The van der Waals surface area contributed by atoms with Gasteiger partial charge in [0.1, 0.15) is 5.69 Å². The first-order valence-electron chi connectivity index (χ1n) is 6.25. The second-order valence-electron chi connectivity index (χ2n) is 4.72. The lowest BCUT2D eigenvalue weighted by atomic mass is 10.1. The Hall–Kier alpha value is -2.11. The SMILES string of the molecule is CC(C)Oc1ncccc1NC(=O)C1CNC(=O)C1. The molecule has 0 spiro atoms. The second-order valence-corrected chi connectivity index (χ2v) is 4.72. The predicted octanol–water partition coefficient (Wildman–Crippen LogP) is 0.943. The number of anilines is 1. The summed E-state index contributed by atoms with van der Waals surface area (Å²) in [6.07, 6.45) is 1.81. The van der Waals surface area contributed by atoms with Gasteiger partial charge in [0, 0.05) is 19.2 Å². The van der Waals surface area contributed by atoms with Crippen LogP contribution >= 0.6 is 0 Å². The molecule has 1 aliphatic rings. The molecular formula is C13H17N3O3. The third-order valence-electron chi connectivity index (χ3n) is 2.72. The molecule has 2 N–H and O–H groups in total. The molecule has 19 heavy (non-hydrogen) atoms. The Bertz CT molecular complexity index is 488. The Labute approximate surface area is 111 Å². The summed E-state index contributed by atoms with van der Waals surface area (Å²) in [4.78, 5) is 27.2. The van der Waals surface area contributed by atoms with Gasteiger partial charge in [-0.05, 0) is 26.0 Å². The van der Waals surface area contributed by atoms with Gasteiger partial charge in [-0.25, -0.2) is 4.98 Å². The Morgan fingerprint density at radius 3 is 3.00 bits per heavy atom. The maximum atomic E-state index is 12.0. The maximum Gasteiger partial charge on any atom is 0.238 e. The van der Waals surface area contributed by atoms with Crippen molar-refractivity contribution in [1.82, 2.24) is 10.3 Å². The number of amides is 2. The number of hydrogen-bond acceptors (Lipinski definition) is 4. The van der Waals surface area contributed by atoms with E-state index in [1.807, 2.05) is 13.8 Å². The van der Waals surface area contributed by atoms with E-state index < -0.39 is 0 Å². The first-order valence-corrected chi connectivity index (χ1v) is 6.25. The fourth-order valence-corrected chi connectivity index (χ4v) is 1.83. The number of rotatable bonds is 4. The van der Waals surface area contributed by atoms with Crippen LogP contribution < -0.4 is 15.4 Å². The van der Waals surface area contributed by atoms with Crippen molar-refractivity contribution in [2.24, 2.45) is 5.92 Å². The number of nitrogens with zero attached hydrogens (tertiary/aromatic N) is 1. The lowest BCUT2D eigenvalue weighted by molar-refractivity contribution is -0.123. The monoisotopic (exact) mass is 263 g/mol. The number of aromatic nitrogens is 1. The molecule has 6 nitrogen and oxygen atoms in total. The van der Waals surface area contributed by atoms with Gasteiger partial charge in [-0.1, -0.05) is 0 Å². The highest BCUT2D eigenvalue weighted by molar-refractivity contribution is 5.97. The molecule has 1 atom stereocenters. The molecule has 0 saturated carbocycles. The van der Waals surface area contributed by atoms with Crippen molar-refractivity contribution in [2.75, 3.05) is 11.9 Å². The molecule has 0 aliphatic carbocycles. The molecular weight excluding hydrogens is 246 g/mol. The van der Waals surface area contributed by atoms with E-state index in [-0.39, 0.29) is 30.3 Å². The van der Waals surface area contributed by atoms with Crippen molar-refractivity contribution in [1.29, 1.82) is 0 Å². The molecule has 1 aromatic rings. The molecule has 1 aromatic heterocycles. The molecule has 1 unspecified atom stereocenters. The van der Waals surface area contributed by atoms with Gasteiger partial charge in [0.05, 0.1) is 12.0 Å². The Morgan fingerprint density at radius 2 is 2.37 bits per heavy atom. The topological polar surface area (TPSA) is 80.3 Å². The summed E-state index contributed by atoms with van der Waals surface area (Å²) >= 11 is 0. The number of carbonyl (C=O) groups excluding carboxylic acids is 2. The van der Waals surface area contributed by atoms with Crippen LogP contribution in [0.25, 0.3) is 0 Å². The zero-order chi connectivity index (χ0) is 13.8. The third kappa shape index (κ3) is 3.43. The normalized spacial score (nSPS) is 18.3. The zero-order valence-corrected chi connectivity index (χ0v) is 11.0. The molecule has 1 aliphatic heterocycles. The highest BCUT2D eigenvalue weighted by Gasteiger charge is 2.28. The summed E-state index contributed by atoms with van der Waals surface area (Å²) in [6.45, 7) is 4.16. The Morgan fingerprint density at radius 1 is 1.58 bits per heavy atom. The van der Waals surface area contributed by atoms with Crippen LogP contribution in [0.3, 0.4) is 0 Å². The zero-order valence-electron chi connectivity index (χ0n) is 11.0. The molecule has 1 saturated heterocycles. The highest BCUT2D eigenvalue weighted by atomic mass is 16.5. The fourth-order valence-electron chi connectivity index (χ4n) is 1.83. The van der Waals surface area contributed by atoms with Gasteiger partial charge in [0.2, 0.25) is 17.7 Å². The average molecular weight is 263 g/mol. The van der Waals surface area contributed by atoms with Crippen molar-refractivity contribution in [3.8, 4) is 5.88 Å². The van der Waals surface area contributed by atoms with E-state index in [4.69, 9.17) is 4.74 Å². The summed E-state index contributed by atoms with van der Waals surface area (Å²) in [5.41, 5.74) is 0.528. The fraction of sp³-hybridized carbons (Fsp3) is 0.462. The lowest BCUT2D eigenvalue weighted by Gasteiger charge is -2.14. The van der Waals surface area contributed by atoms with Gasteiger partial charge in [-0.2, -0.15) is 0 Å². The minimum absolute atomic E-state index is 0.0275. The van der Waals surface area contributed by atoms with Crippen LogP contribution in [-0.4, -0.2) is 29.4 Å². The third-order valence-corrected chi connectivity index (χ3v) is 2.72. The summed E-state index contributed by atoms with van der Waals surface area (Å²) in [5.74, 6) is -0.229. The van der Waals surface area contributed by atoms with Crippen molar-refractivity contribution < 1.29 is 14.3 Å². The number of ether oxygens (including phenoxy) is 1. The minimum Gasteiger partial charge on any atom is -0.473 e. The van der Waals surface area contributed by atoms with E-state index in [2.05, 4.69) is 15.6 Å². The van der Waals surface area contributed by atoms with Gasteiger partial charge in [-0.15, -0.1) is 0 Å². The van der Waals surface area contributed by atoms with Crippen LogP contribution in [0.2, 0.25) is 0 Å². The summed E-state index contributed by atoms with van der Waals surface area (Å²) < 4.78 is 5.52. The van der Waals surface area contributed by atoms with Gasteiger partial charge in [0.25, 0.3) is 0 Å². The molecule has 0 aromatic carbocycles. The van der Waals surface area contributed by atoms with Gasteiger partial charge in [0.15, 0.2) is 0 Å². The van der Waals surface area contributed by atoms with Crippen LogP contribution in [0.1, 0.15) is 20.3 Å². The summed E-state index contributed by atoms with van der Waals surface area (Å²) in [7, 11) is 0. The first-order chi connectivity index (χ1) is 9.06. The highest BCUT2D eigenvalue weighted by Crippen LogP contribution is 2.23. The van der Waals surface area contributed by atoms with Crippen molar-refractivity contribution in [3.63, 3.8) is 0 Å². The van der Waals surface area contributed by atoms with Crippen LogP contribution in [-0.2, 0) is 9.59 Å². The molecule has 1 fully saturated rings. The van der Waals surface area contributed by atoms with E-state index >= 15 is 0 Å². The number of hydrogen-bond donors (Lipinski definition) is 2. The largest absolute Gasteiger partial charge is 0.473 e. The van der Waals surface area contributed by atoms with E-state index in [9.17, 15) is 9.59 Å². The van der Waals surface area contributed by atoms with Crippen LogP contribution in [0.5, 0.6) is 5.88 Å². The first kappa shape index (κ1) is 13.3. The quantitative estimate of drug-likeness (QED) is 0.847. The molecule has 6 heteroatoms. The lowest BCUT2D eigenvalue weighted by Crippen LogP contribution is -2.25. The molecule has 0 radical (unpaired) electrons. The van der Waals surface area contributed by atoms with Gasteiger partial charge >= 0.3 is 0 Å². The molecule has 2 amide bonds. The van der Waals surface area contributed by atoms with Crippen molar-refractivity contribution in [2.45, 2.75) is 26.4 Å². The van der Waals surface area contributed by atoms with Gasteiger partial charge in [-0.3, -0.25) is 9.59 Å². The number of carbonyl (C=O) groups is 2. The second kappa shape index (κ2) is 5.69. The van der Waals surface area contributed by atoms with Crippen molar-refractivity contribution in [3.05, 3.63) is 18.3 Å².